The van der Waals surface area contributed by atoms with Crippen LogP contribution in [0, 0.1) is 12.8 Å². The van der Waals surface area contributed by atoms with E-state index in [-0.39, 0.29) is 11.8 Å². The second-order valence-electron chi connectivity index (χ2n) is 7.18. The summed E-state index contributed by atoms with van der Waals surface area (Å²) >= 11 is 0. The first kappa shape index (κ1) is 18.9. The molecule has 0 bridgehead atoms. The number of hydrogen-bond donors (Lipinski definition) is 1. The smallest absolute Gasteiger partial charge is 0.229 e. The van der Waals surface area contributed by atoms with Crippen LogP contribution < -0.4 is 15.0 Å². The number of hydrogen-bond acceptors (Lipinski definition) is 6. The van der Waals surface area contributed by atoms with Crippen LogP contribution in [0.1, 0.15) is 18.4 Å². The van der Waals surface area contributed by atoms with E-state index in [2.05, 4.69) is 25.5 Å². The van der Waals surface area contributed by atoms with E-state index < -0.39 is 0 Å². The molecule has 8 heteroatoms. The van der Waals surface area contributed by atoms with Gasteiger partial charge < -0.3 is 15.0 Å². The standard InChI is InChI=1S/C21H24N6O2/c1-15-6-7-18(29-2)17(13-15)23-21(28)16-5-3-11-26(14-16)19-8-9-20(25-24-19)27-12-4-10-22-27/h4,6-10,12-13,16H,3,5,11,14H2,1-2H3,(H,23,28). The largest absolute Gasteiger partial charge is 0.495 e. The SMILES string of the molecule is COc1ccc(C)cc1NC(=O)C1CCCN(c2ccc(-n3cccn3)nn2)C1. The molecule has 0 aliphatic carbocycles. The summed E-state index contributed by atoms with van der Waals surface area (Å²) in [5, 5.41) is 15.8. The highest BCUT2D eigenvalue weighted by Gasteiger charge is 2.27. The second-order valence-corrected chi connectivity index (χ2v) is 7.18. The molecule has 1 saturated heterocycles. The molecule has 3 heterocycles. The van der Waals surface area contributed by atoms with Crippen molar-refractivity contribution in [1.29, 1.82) is 0 Å². The van der Waals surface area contributed by atoms with Crippen molar-refractivity contribution in [2.24, 2.45) is 5.92 Å². The van der Waals surface area contributed by atoms with Gasteiger partial charge in [-0.3, -0.25) is 4.79 Å². The number of carbonyl (C=O) groups excluding carboxylic acids is 1. The lowest BCUT2D eigenvalue weighted by atomic mass is 9.97. The van der Waals surface area contributed by atoms with Crippen LogP contribution in [0.4, 0.5) is 11.5 Å². The maximum Gasteiger partial charge on any atom is 0.229 e. The number of piperidine rings is 1. The molecule has 1 fully saturated rings. The van der Waals surface area contributed by atoms with Gasteiger partial charge >= 0.3 is 0 Å². The monoisotopic (exact) mass is 392 g/mol. The number of rotatable bonds is 5. The Morgan fingerprint density at radius 1 is 1.21 bits per heavy atom. The Labute approximate surface area is 169 Å². The maximum atomic E-state index is 12.9. The fourth-order valence-corrected chi connectivity index (χ4v) is 3.57. The van der Waals surface area contributed by atoms with E-state index in [1.54, 1.807) is 18.0 Å². The van der Waals surface area contributed by atoms with Crippen molar-refractivity contribution in [2.75, 3.05) is 30.4 Å². The Morgan fingerprint density at radius 2 is 2.03 bits per heavy atom. The van der Waals surface area contributed by atoms with Crippen LogP contribution in [0.3, 0.4) is 0 Å². The Morgan fingerprint density at radius 3 is 2.76 bits per heavy atom. The summed E-state index contributed by atoms with van der Waals surface area (Å²) in [6.45, 7) is 3.45. The number of benzene rings is 1. The molecule has 1 aliphatic heterocycles. The summed E-state index contributed by atoms with van der Waals surface area (Å²) < 4.78 is 7.04. The summed E-state index contributed by atoms with van der Waals surface area (Å²) in [6.07, 6.45) is 5.29. The molecule has 0 saturated carbocycles. The van der Waals surface area contributed by atoms with E-state index in [1.165, 1.54) is 0 Å². The van der Waals surface area contributed by atoms with Gasteiger partial charge in [0.1, 0.15) is 5.75 Å². The van der Waals surface area contributed by atoms with Crippen LogP contribution in [0.5, 0.6) is 5.75 Å². The van der Waals surface area contributed by atoms with Crippen molar-refractivity contribution in [3.8, 4) is 11.6 Å². The molecule has 1 aromatic carbocycles. The zero-order chi connectivity index (χ0) is 20.2. The van der Waals surface area contributed by atoms with Crippen molar-refractivity contribution in [1.82, 2.24) is 20.0 Å². The number of nitrogens with one attached hydrogen (secondary N) is 1. The molecule has 1 atom stereocenters. The molecule has 3 aromatic rings. The number of methoxy groups -OCH3 is 1. The van der Waals surface area contributed by atoms with Gasteiger partial charge in [0, 0.05) is 25.5 Å². The lowest BCUT2D eigenvalue weighted by Gasteiger charge is -2.32. The quantitative estimate of drug-likeness (QED) is 0.719. The molecule has 1 unspecified atom stereocenters. The average molecular weight is 392 g/mol. The number of ether oxygens (including phenoxy) is 1. The molecule has 150 valence electrons. The van der Waals surface area contributed by atoms with E-state index in [0.717, 1.165) is 30.8 Å². The van der Waals surface area contributed by atoms with Crippen molar-refractivity contribution in [3.05, 3.63) is 54.4 Å². The van der Waals surface area contributed by atoms with E-state index >= 15 is 0 Å². The summed E-state index contributed by atoms with van der Waals surface area (Å²) in [4.78, 5) is 15.0. The fraction of sp³-hybridized carbons (Fsp3) is 0.333. The molecule has 4 rings (SSSR count). The number of aryl methyl sites for hydroxylation is 1. The number of nitrogens with zero attached hydrogens (tertiary/aromatic N) is 5. The minimum atomic E-state index is -0.124. The molecular weight excluding hydrogens is 368 g/mol. The Kier molecular flexibility index (Phi) is 5.41. The van der Waals surface area contributed by atoms with Crippen molar-refractivity contribution in [3.63, 3.8) is 0 Å². The minimum absolute atomic E-state index is 0.000259. The Bertz CT molecular complexity index is 971. The lowest BCUT2D eigenvalue weighted by Crippen LogP contribution is -2.41. The van der Waals surface area contributed by atoms with Crippen molar-refractivity contribution < 1.29 is 9.53 Å². The van der Waals surface area contributed by atoms with Gasteiger partial charge in [-0.2, -0.15) is 5.10 Å². The minimum Gasteiger partial charge on any atom is -0.495 e. The summed E-state index contributed by atoms with van der Waals surface area (Å²) in [5.74, 6) is 1.97. The van der Waals surface area contributed by atoms with Crippen LogP contribution >= 0.6 is 0 Å². The Hall–Kier alpha value is -3.42. The zero-order valence-electron chi connectivity index (χ0n) is 16.6. The predicted molar refractivity (Wildman–Crippen MR) is 110 cm³/mol. The van der Waals surface area contributed by atoms with Crippen LogP contribution in [-0.2, 0) is 4.79 Å². The third-order valence-electron chi connectivity index (χ3n) is 5.10. The summed E-state index contributed by atoms with van der Waals surface area (Å²) in [5.41, 5.74) is 1.77. The van der Waals surface area contributed by atoms with Crippen LogP contribution in [0.2, 0.25) is 0 Å². The first-order valence-corrected chi connectivity index (χ1v) is 9.68. The van der Waals surface area contributed by atoms with Gasteiger partial charge in [0.05, 0.1) is 18.7 Å². The van der Waals surface area contributed by atoms with Gasteiger partial charge in [-0.15, -0.1) is 10.2 Å². The van der Waals surface area contributed by atoms with Gasteiger partial charge in [-0.05, 0) is 55.7 Å². The summed E-state index contributed by atoms with van der Waals surface area (Å²) in [6, 6.07) is 11.4. The number of carbonyl (C=O) groups is 1. The van der Waals surface area contributed by atoms with E-state index in [4.69, 9.17) is 4.74 Å². The first-order valence-electron chi connectivity index (χ1n) is 9.68. The zero-order valence-corrected chi connectivity index (χ0v) is 16.6. The number of aromatic nitrogens is 4. The normalized spacial score (nSPS) is 16.5. The van der Waals surface area contributed by atoms with Gasteiger partial charge in [-0.25, -0.2) is 4.68 Å². The van der Waals surface area contributed by atoms with Crippen molar-refractivity contribution >= 4 is 17.4 Å². The van der Waals surface area contributed by atoms with Crippen LogP contribution in [0.15, 0.2) is 48.8 Å². The van der Waals surface area contributed by atoms with Gasteiger partial charge in [0.25, 0.3) is 0 Å². The van der Waals surface area contributed by atoms with Crippen LogP contribution in [0.25, 0.3) is 5.82 Å². The highest BCUT2D eigenvalue weighted by Crippen LogP contribution is 2.28. The maximum absolute atomic E-state index is 12.9. The highest BCUT2D eigenvalue weighted by atomic mass is 16.5. The van der Waals surface area contributed by atoms with E-state index in [0.29, 0.717) is 23.8 Å². The van der Waals surface area contributed by atoms with Crippen molar-refractivity contribution in [2.45, 2.75) is 19.8 Å². The Balaban J connectivity index is 1.44. The second kappa shape index (κ2) is 8.30. The molecule has 8 nitrogen and oxygen atoms in total. The lowest BCUT2D eigenvalue weighted by molar-refractivity contribution is -0.120. The number of amides is 1. The average Bonchev–Trinajstić information content (AvgIpc) is 3.29. The van der Waals surface area contributed by atoms with Crippen LogP contribution in [-0.4, -0.2) is 46.1 Å². The number of anilines is 2. The molecule has 1 N–H and O–H groups in total. The third kappa shape index (κ3) is 4.21. The van der Waals surface area contributed by atoms with Gasteiger partial charge in [0.2, 0.25) is 5.91 Å². The molecule has 1 amide bonds. The molecule has 1 aliphatic rings. The molecule has 0 radical (unpaired) electrons. The van der Waals surface area contributed by atoms with Gasteiger partial charge in [0.15, 0.2) is 11.6 Å². The van der Waals surface area contributed by atoms with Gasteiger partial charge in [-0.1, -0.05) is 6.07 Å². The molecule has 2 aromatic heterocycles. The first-order chi connectivity index (χ1) is 14.1. The van der Waals surface area contributed by atoms with E-state index in [9.17, 15) is 4.79 Å². The fourth-order valence-electron chi connectivity index (χ4n) is 3.57. The highest BCUT2D eigenvalue weighted by molar-refractivity contribution is 5.94. The summed E-state index contributed by atoms with van der Waals surface area (Å²) in [7, 11) is 1.61. The van der Waals surface area contributed by atoms with E-state index in [1.807, 2.05) is 49.5 Å². The third-order valence-corrected chi connectivity index (χ3v) is 5.10. The molecule has 0 spiro atoms. The topological polar surface area (TPSA) is 85.2 Å². The molecule has 29 heavy (non-hydrogen) atoms. The predicted octanol–water partition coefficient (Wildman–Crippen LogP) is 2.83. The molecular formula is C21H24N6O2.